The van der Waals surface area contributed by atoms with Crippen LogP contribution in [-0.4, -0.2) is 26.6 Å². The van der Waals surface area contributed by atoms with Gasteiger partial charge < -0.3 is 9.88 Å². The minimum atomic E-state index is -0.211. The van der Waals surface area contributed by atoms with Crippen molar-refractivity contribution >= 4 is 17.5 Å². The number of aryl methyl sites for hydroxylation is 1. The maximum atomic E-state index is 10.9. The first kappa shape index (κ1) is 9.98. The summed E-state index contributed by atoms with van der Waals surface area (Å²) < 4.78 is 1.75. The van der Waals surface area contributed by atoms with E-state index in [1.807, 2.05) is 14.0 Å². The van der Waals surface area contributed by atoms with Gasteiger partial charge in [0.15, 0.2) is 5.82 Å². The molecule has 5 nitrogen and oxygen atoms in total. The third-order valence-corrected chi connectivity index (χ3v) is 1.88. The van der Waals surface area contributed by atoms with Crippen LogP contribution in [0.1, 0.15) is 18.8 Å². The predicted molar refractivity (Wildman–Crippen MR) is 48.3 cm³/mol. The second-order valence-corrected chi connectivity index (χ2v) is 2.99. The lowest BCUT2D eigenvalue weighted by atomic mass is 10.3. The highest BCUT2D eigenvalue weighted by atomic mass is 35.5. The SMILES string of the molecule is CC(NC(=O)CCl)c1nncn1C. The van der Waals surface area contributed by atoms with E-state index in [0.29, 0.717) is 5.82 Å². The number of alkyl halides is 1. The van der Waals surface area contributed by atoms with Gasteiger partial charge in [-0.15, -0.1) is 21.8 Å². The summed E-state index contributed by atoms with van der Waals surface area (Å²) in [6.45, 7) is 1.83. The van der Waals surface area contributed by atoms with Crippen molar-refractivity contribution < 1.29 is 4.79 Å². The molecule has 1 heterocycles. The number of carbonyl (C=O) groups excluding carboxylic acids is 1. The zero-order valence-corrected chi connectivity index (χ0v) is 8.25. The molecule has 6 heteroatoms. The molecule has 72 valence electrons. The molecule has 1 amide bonds. The van der Waals surface area contributed by atoms with Gasteiger partial charge in [0, 0.05) is 7.05 Å². The summed E-state index contributed by atoms with van der Waals surface area (Å²) in [6, 6.07) is -0.168. The third-order valence-electron chi connectivity index (χ3n) is 1.63. The summed E-state index contributed by atoms with van der Waals surface area (Å²) in [5, 5.41) is 10.2. The monoisotopic (exact) mass is 202 g/mol. The van der Waals surface area contributed by atoms with Crippen molar-refractivity contribution in [2.45, 2.75) is 13.0 Å². The Morgan fingerprint density at radius 2 is 2.54 bits per heavy atom. The van der Waals surface area contributed by atoms with Crippen molar-refractivity contribution in [3.63, 3.8) is 0 Å². The van der Waals surface area contributed by atoms with Crippen LogP contribution >= 0.6 is 11.6 Å². The Morgan fingerprint density at radius 1 is 1.85 bits per heavy atom. The van der Waals surface area contributed by atoms with E-state index in [9.17, 15) is 4.79 Å². The third kappa shape index (κ3) is 2.42. The van der Waals surface area contributed by atoms with E-state index in [4.69, 9.17) is 11.6 Å². The van der Waals surface area contributed by atoms with Crippen LogP contribution < -0.4 is 5.32 Å². The van der Waals surface area contributed by atoms with Gasteiger partial charge in [0.1, 0.15) is 12.2 Å². The zero-order chi connectivity index (χ0) is 9.84. The number of nitrogens with zero attached hydrogens (tertiary/aromatic N) is 3. The molecule has 0 saturated carbocycles. The highest BCUT2D eigenvalue weighted by Crippen LogP contribution is 2.06. The molecule has 1 unspecified atom stereocenters. The Hall–Kier alpha value is -1.10. The molecule has 0 spiro atoms. The number of carbonyl (C=O) groups is 1. The average molecular weight is 203 g/mol. The van der Waals surface area contributed by atoms with Gasteiger partial charge in [0.05, 0.1) is 6.04 Å². The Balaban J connectivity index is 2.63. The van der Waals surface area contributed by atoms with Crippen molar-refractivity contribution in [1.29, 1.82) is 0 Å². The van der Waals surface area contributed by atoms with Crippen molar-refractivity contribution in [2.75, 3.05) is 5.88 Å². The molecule has 1 aromatic rings. The van der Waals surface area contributed by atoms with Crippen LogP contribution in [0.15, 0.2) is 6.33 Å². The van der Waals surface area contributed by atoms with Crippen LogP contribution in [0.3, 0.4) is 0 Å². The molecule has 0 bridgehead atoms. The van der Waals surface area contributed by atoms with Crippen molar-refractivity contribution in [3.05, 3.63) is 12.2 Å². The smallest absolute Gasteiger partial charge is 0.235 e. The quantitative estimate of drug-likeness (QED) is 0.714. The van der Waals surface area contributed by atoms with E-state index < -0.39 is 0 Å². The van der Waals surface area contributed by atoms with Crippen LogP contribution in [0, 0.1) is 0 Å². The fourth-order valence-electron chi connectivity index (χ4n) is 1.03. The van der Waals surface area contributed by atoms with Crippen molar-refractivity contribution in [1.82, 2.24) is 20.1 Å². The van der Waals surface area contributed by atoms with Gasteiger partial charge >= 0.3 is 0 Å². The fraction of sp³-hybridized carbons (Fsp3) is 0.571. The number of nitrogens with one attached hydrogen (secondary N) is 1. The predicted octanol–water partition coefficient (Wildman–Crippen LogP) is 0.231. The van der Waals surface area contributed by atoms with Crippen LogP contribution in [0.25, 0.3) is 0 Å². The summed E-state index contributed by atoms with van der Waals surface area (Å²) in [5.74, 6) is 0.456. The molecule has 13 heavy (non-hydrogen) atoms. The minimum absolute atomic E-state index is 0.0395. The highest BCUT2D eigenvalue weighted by molar-refractivity contribution is 6.27. The molecular formula is C7H11ClN4O. The lowest BCUT2D eigenvalue weighted by molar-refractivity contribution is -0.119. The molecule has 0 aliphatic rings. The summed E-state index contributed by atoms with van der Waals surface area (Å²) in [6.07, 6.45) is 1.58. The van der Waals surface area contributed by atoms with E-state index in [2.05, 4.69) is 15.5 Å². The van der Waals surface area contributed by atoms with Crippen LogP contribution in [0.4, 0.5) is 0 Å². The molecule has 1 aromatic heterocycles. The molecule has 1 rings (SSSR count). The van der Waals surface area contributed by atoms with Gasteiger partial charge in [-0.2, -0.15) is 0 Å². The van der Waals surface area contributed by atoms with Crippen LogP contribution in [0.5, 0.6) is 0 Å². The Labute approximate surface area is 81.1 Å². The molecule has 0 aromatic carbocycles. The molecule has 0 fully saturated rings. The van der Waals surface area contributed by atoms with E-state index in [1.165, 1.54) is 0 Å². The number of rotatable bonds is 3. The zero-order valence-electron chi connectivity index (χ0n) is 7.49. The largest absolute Gasteiger partial charge is 0.345 e. The summed E-state index contributed by atoms with van der Waals surface area (Å²) in [7, 11) is 1.82. The number of aromatic nitrogens is 3. The van der Waals surface area contributed by atoms with Crippen molar-refractivity contribution in [2.24, 2.45) is 7.05 Å². The molecule has 0 saturated heterocycles. The van der Waals surface area contributed by atoms with Gasteiger partial charge in [-0.25, -0.2) is 0 Å². The second kappa shape index (κ2) is 4.23. The molecule has 0 radical (unpaired) electrons. The highest BCUT2D eigenvalue weighted by Gasteiger charge is 2.12. The standard InChI is InChI=1S/C7H11ClN4O/c1-5(10-6(13)3-8)7-11-9-4-12(7)2/h4-5H,3H2,1-2H3,(H,10,13). The lowest BCUT2D eigenvalue weighted by Crippen LogP contribution is -2.29. The number of amides is 1. The molecule has 1 atom stereocenters. The molecule has 1 N–H and O–H groups in total. The molecular weight excluding hydrogens is 192 g/mol. The number of hydrogen-bond donors (Lipinski definition) is 1. The first-order valence-electron chi connectivity index (χ1n) is 3.84. The minimum Gasteiger partial charge on any atom is -0.345 e. The fourth-order valence-corrected chi connectivity index (χ4v) is 1.11. The maximum Gasteiger partial charge on any atom is 0.235 e. The van der Waals surface area contributed by atoms with E-state index in [0.717, 1.165) is 0 Å². The summed E-state index contributed by atoms with van der Waals surface area (Å²) in [4.78, 5) is 10.9. The Bertz CT molecular complexity index is 298. The first-order chi connectivity index (χ1) is 6.15. The summed E-state index contributed by atoms with van der Waals surface area (Å²) >= 11 is 5.34. The van der Waals surface area contributed by atoms with Gasteiger partial charge in [0.2, 0.25) is 5.91 Å². The van der Waals surface area contributed by atoms with Gasteiger partial charge in [-0.1, -0.05) is 0 Å². The Kier molecular flexibility index (Phi) is 3.25. The van der Waals surface area contributed by atoms with Crippen LogP contribution in [-0.2, 0) is 11.8 Å². The van der Waals surface area contributed by atoms with Gasteiger partial charge in [0.25, 0.3) is 0 Å². The number of hydrogen-bond acceptors (Lipinski definition) is 3. The second-order valence-electron chi connectivity index (χ2n) is 2.72. The normalized spacial score (nSPS) is 12.5. The van der Waals surface area contributed by atoms with Crippen molar-refractivity contribution in [3.8, 4) is 0 Å². The van der Waals surface area contributed by atoms with E-state index in [-0.39, 0.29) is 17.8 Å². The maximum absolute atomic E-state index is 10.9. The first-order valence-corrected chi connectivity index (χ1v) is 4.37. The van der Waals surface area contributed by atoms with E-state index in [1.54, 1.807) is 10.9 Å². The number of halogens is 1. The van der Waals surface area contributed by atoms with Gasteiger partial charge in [-0.3, -0.25) is 4.79 Å². The topological polar surface area (TPSA) is 59.8 Å². The average Bonchev–Trinajstić information content (AvgIpc) is 2.51. The lowest BCUT2D eigenvalue weighted by Gasteiger charge is -2.11. The van der Waals surface area contributed by atoms with E-state index >= 15 is 0 Å². The Morgan fingerprint density at radius 3 is 3.00 bits per heavy atom. The van der Waals surface area contributed by atoms with Gasteiger partial charge in [-0.05, 0) is 6.92 Å². The molecule has 0 aliphatic heterocycles. The summed E-state index contributed by atoms with van der Waals surface area (Å²) in [5.41, 5.74) is 0. The van der Waals surface area contributed by atoms with Crippen LogP contribution in [0.2, 0.25) is 0 Å². The molecule has 0 aliphatic carbocycles.